The summed E-state index contributed by atoms with van der Waals surface area (Å²) in [5.41, 5.74) is 0. The Morgan fingerprint density at radius 2 is 2.12 bits per heavy atom. The molecule has 92 valence electrons. The fourth-order valence-electron chi connectivity index (χ4n) is 1.49. The Morgan fingerprint density at radius 1 is 1.50 bits per heavy atom. The zero-order valence-electron chi connectivity index (χ0n) is 9.81. The monoisotopic (exact) mass is 229 g/mol. The smallest absolute Gasteiger partial charge is 0.308 e. The summed E-state index contributed by atoms with van der Waals surface area (Å²) in [6, 6.07) is 0. The molecule has 1 N–H and O–H groups in total. The molecular formula is C11H19NO4. The van der Waals surface area contributed by atoms with Gasteiger partial charge < -0.3 is 14.7 Å². The Labute approximate surface area is 95.4 Å². The lowest BCUT2D eigenvalue weighted by Gasteiger charge is -2.24. The van der Waals surface area contributed by atoms with Gasteiger partial charge in [0, 0.05) is 26.1 Å². The highest BCUT2D eigenvalue weighted by Crippen LogP contribution is 2.31. The molecule has 0 bridgehead atoms. The first kappa shape index (κ1) is 13.0. The van der Waals surface area contributed by atoms with Crippen molar-refractivity contribution in [2.75, 3.05) is 26.8 Å². The maximum absolute atomic E-state index is 11.8. The van der Waals surface area contributed by atoms with Gasteiger partial charge in [0.15, 0.2) is 0 Å². The molecule has 5 heteroatoms. The van der Waals surface area contributed by atoms with E-state index in [-0.39, 0.29) is 18.4 Å². The van der Waals surface area contributed by atoms with E-state index in [0.717, 1.165) is 12.8 Å². The van der Waals surface area contributed by atoms with Crippen molar-refractivity contribution in [3.05, 3.63) is 0 Å². The van der Waals surface area contributed by atoms with Crippen molar-refractivity contribution in [3.8, 4) is 0 Å². The number of hydrogen-bond donors (Lipinski definition) is 1. The highest BCUT2D eigenvalue weighted by molar-refractivity contribution is 5.81. The minimum atomic E-state index is -0.869. The molecule has 5 nitrogen and oxygen atoms in total. The fraction of sp³-hybridized carbons (Fsp3) is 0.818. The number of nitrogens with zero attached hydrogens (tertiary/aromatic N) is 1. The number of carbonyl (C=O) groups excluding carboxylic acids is 1. The number of carboxylic acid groups (broad SMARTS) is 1. The molecule has 1 saturated carbocycles. The zero-order valence-corrected chi connectivity index (χ0v) is 9.81. The Kier molecular flexibility index (Phi) is 4.73. The number of rotatable bonds is 7. The molecule has 1 rings (SSSR count). The molecule has 1 aliphatic rings. The van der Waals surface area contributed by atoms with Gasteiger partial charge >= 0.3 is 5.97 Å². The molecule has 0 saturated heterocycles. The van der Waals surface area contributed by atoms with Crippen LogP contribution in [0.4, 0.5) is 0 Å². The first-order valence-corrected chi connectivity index (χ1v) is 5.56. The van der Waals surface area contributed by atoms with Crippen molar-refractivity contribution in [2.45, 2.75) is 19.8 Å². The molecule has 0 aromatic rings. The van der Waals surface area contributed by atoms with Crippen LogP contribution in [0.3, 0.4) is 0 Å². The van der Waals surface area contributed by atoms with Gasteiger partial charge in [-0.2, -0.15) is 0 Å². The van der Waals surface area contributed by atoms with E-state index in [9.17, 15) is 9.59 Å². The number of carboxylic acids is 1. The van der Waals surface area contributed by atoms with Crippen LogP contribution in [0.15, 0.2) is 0 Å². The predicted molar refractivity (Wildman–Crippen MR) is 58.0 cm³/mol. The SMILES string of the molecule is COCCN(CC(C)C(=O)O)C(=O)C1CC1. The normalized spacial score (nSPS) is 16.9. The molecule has 0 aliphatic heterocycles. The topological polar surface area (TPSA) is 66.8 Å². The molecule has 1 fully saturated rings. The molecule has 1 atom stereocenters. The number of carbonyl (C=O) groups is 2. The van der Waals surface area contributed by atoms with E-state index in [2.05, 4.69) is 0 Å². The number of methoxy groups -OCH3 is 1. The van der Waals surface area contributed by atoms with Gasteiger partial charge in [-0.3, -0.25) is 9.59 Å². The highest BCUT2D eigenvalue weighted by atomic mass is 16.5. The van der Waals surface area contributed by atoms with Crippen LogP contribution in [-0.2, 0) is 14.3 Å². The first-order valence-electron chi connectivity index (χ1n) is 5.56. The van der Waals surface area contributed by atoms with Gasteiger partial charge in [-0.25, -0.2) is 0 Å². The lowest BCUT2D eigenvalue weighted by molar-refractivity contribution is -0.143. The molecule has 0 heterocycles. The van der Waals surface area contributed by atoms with Gasteiger partial charge in [-0.05, 0) is 12.8 Å². The Bertz CT molecular complexity index is 263. The summed E-state index contributed by atoms with van der Waals surface area (Å²) in [6.07, 6.45) is 1.87. The third-order valence-electron chi connectivity index (χ3n) is 2.72. The Balaban J connectivity index is 2.48. The van der Waals surface area contributed by atoms with Gasteiger partial charge in [0.2, 0.25) is 5.91 Å². The highest BCUT2D eigenvalue weighted by Gasteiger charge is 2.34. The molecule has 1 amide bonds. The first-order chi connectivity index (χ1) is 7.56. The standard InChI is InChI=1S/C11H19NO4/c1-8(11(14)15)7-12(5-6-16-2)10(13)9-3-4-9/h8-9H,3-7H2,1-2H3,(H,14,15). The predicted octanol–water partition coefficient (Wildman–Crippen LogP) is 0.592. The second kappa shape index (κ2) is 5.84. The number of amides is 1. The van der Waals surface area contributed by atoms with Gasteiger partial charge in [0.05, 0.1) is 12.5 Å². The maximum Gasteiger partial charge on any atom is 0.308 e. The number of ether oxygens (including phenoxy) is 1. The van der Waals surface area contributed by atoms with E-state index in [1.807, 2.05) is 0 Å². The second-order valence-electron chi connectivity index (χ2n) is 4.29. The van der Waals surface area contributed by atoms with Crippen LogP contribution in [-0.4, -0.2) is 48.7 Å². The second-order valence-corrected chi connectivity index (χ2v) is 4.29. The summed E-state index contributed by atoms with van der Waals surface area (Å²) in [6.45, 7) is 2.81. The summed E-state index contributed by atoms with van der Waals surface area (Å²) < 4.78 is 4.92. The maximum atomic E-state index is 11.8. The molecule has 0 spiro atoms. The summed E-state index contributed by atoms with van der Waals surface area (Å²) in [4.78, 5) is 24.2. The van der Waals surface area contributed by atoms with Crippen LogP contribution < -0.4 is 0 Å². The van der Waals surface area contributed by atoms with E-state index >= 15 is 0 Å². The van der Waals surface area contributed by atoms with Gasteiger partial charge in [0.25, 0.3) is 0 Å². The number of hydrogen-bond acceptors (Lipinski definition) is 3. The molecule has 0 aromatic heterocycles. The van der Waals surface area contributed by atoms with E-state index in [0.29, 0.717) is 13.2 Å². The molecule has 0 radical (unpaired) electrons. The van der Waals surface area contributed by atoms with Crippen LogP contribution in [0.25, 0.3) is 0 Å². The number of aliphatic carboxylic acids is 1. The van der Waals surface area contributed by atoms with Crippen LogP contribution >= 0.6 is 0 Å². The average Bonchev–Trinajstić information content (AvgIpc) is 3.06. The van der Waals surface area contributed by atoms with E-state index in [1.165, 1.54) is 0 Å². The summed E-state index contributed by atoms with van der Waals surface area (Å²) in [5.74, 6) is -1.20. The van der Waals surface area contributed by atoms with Crippen molar-refractivity contribution in [3.63, 3.8) is 0 Å². The van der Waals surface area contributed by atoms with E-state index < -0.39 is 11.9 Å². The van der Waals surface area contributed by atoms with Gasteiger partial charge in [-0.15, -0.1) is 0 Å². The average molecular weight is 229 g/mol. The molecule has 1 aliphatic carbocycles. The summed E-state index contributed by atoms with van der Waals surface area (Å²) in [7, 11) is 1.57. The van der Waals surface area contributed by atoms with Crippen LogP contribution in [0.1, 0.15) is 19.8 Å². The van der Waals surface area contributed by atoms with Crippen molar-refractivity contribution in [2.24, 2.45) is 11.8 Å². The van der Waals surface area contributed by atoms with Crippen molar-refractivity contribution in [1.82, 2.24) is 4.90 Å². The Hall–Kier alpha value is -1.10. The summed E-state index contributed by atoms with van der Waals surface area (Å²) >= 11 is 0. The van der Waals surface area contributed by atoms with Crippen LogP contribution in [0, 0.1) is 11.8 Å². The van der Waals surface area contributed by atoms with Crippen LogP contribution in [0.2, 0.25) is 0 Å². The Morgan fingerprint density at radius 3 is 2.56 bits per heavy atom. The third-order valence-corrected chi connectivity index (χ3v) is 2.72. The quantitative estimate of drug-likeness (QED) is 0.694. The largest absolute Gasteiger partial charge is 0.481 e. The van der Waals surface area contributed by atoms with Crippen molar-refractivity contribution < 1.29 is 19.4 Å². The molecule has 16 heavy (non-hydrogen) atoms. The van der Waals surface area contributed by atoms with E-state index in [4.69, 9.17) is 9.84 Å². The third kappa shape index (κ3) is 3.81. The van der Waals surface area contributed by atoms with Gasteiger partial charge in [0.1, 0.15) is 0 Å². The van der Waals surface area contributed by atoms with Gasteiger partial charge in [-0.1, -0.05) is 6.92 Å². The minimum Gasteiger partial charge on any atom is -0.481 e. The van der Waals surface area contributed by atoms with Crippen molar-refractivity contribution in [1.29, 1.82) is 0 Å². The fourth-order valence-corrected chi connectivity index (χ4v) is 1.49. The lowest BCUT2D eigenvalue weighted by Crippen LogP contribution is -2.39. The molecule has 1 unspecified atom stereocenters. The van der Waals surface area contributed by atoms with Crippen molar-refractivity contribution >= 4 is 11.9 Å². The van der Waals surface area contributed by atoms with Crippen LogP contribution in [0.5, 0.6) is 0 Å². The summed E-state index contributed by atoms with van der Waals surface area (Å²) in [5, 5.41) is 8.82. The van der Waals surface area contributed by atoms with E-state index in [1.54, 1.807) is 18.9 Å². The lowest BCUT2D eigenvalue weighted by atomic mass is 10.1. The molecule has 0 aromatic carbocycles. The minimum absolute atomic E-state index is 0.0742. The zero-order chi connectivity index (χ0) is 12.1. The molecular weight excluding hydrogens is 210 g/mol.